The normalized spacial score (nSPS) is 15.3. The topological polar surface area (TPSA) is 45.5 Å². The van der Waals surface area contributed by atoms with E-state index >= 15 is 0 Å². The molecular formula is C17H30IN5. The number of guanidine groups is 1. The Labute approximate surface area is 157 Å². The van der Waals surface area contributed by atoms with Crippen LogP contribution in [0.5, 0.6) is 0 Å². The molecule has 0 atom stereocenters. The van der Waals surface area contributed by atoms with E-state index in [9.17, 15) is 0 Å². The zero-order chi connectivity index (χ0) is 15.8. The average molecular weight is 431 g/mol. The van der Waals surface area contributed by atoms with Gasteiger partial charge < -0.3 is 10.2 Å². The van der Waals surface area contributed by atoms with E-state index in [1.807, 2.05) is 13.1 Å². The zero-order valence-corrected chi connectivity index (χ0v) is 16.7. The number of nitrogens with zero attached hydrogens (tertiary/aromatic N) is 4. The number of unbranched alkanes of at least 4 members (excludes halogenated alkanes) is 1. The van der Waals surface area contributed by atoms with E-state index in [4.69, 9.17) is 5.10 Å². The lowest BCUT2D eigenvalue weighted by atomic mass is 10.3. The van der Waals surface area contributed by atoms with Gasteiger partial charge in [-0.1, -0.05) is 18.9 Å². The second-order valence-electron chi connectivity index (χ2n) is 5.98. The second kappa shape index (κ2) is 10.7. The molecule has 1 aliphatic rings. The number of hydrogen-bond acceptors (Lipinski definition) is 2. The van der Waals surface area contributed by atoms with Crippen LogP contribution in [0.1, 0.15) is 50.3 Å². The molecule has 5 nitrogen and oxygen atoms in total. The third kappa shape index (κ3) is 6.16. The molecule has 6 heteroatoms. The van der Waals surface area contributed by atoms with Crippen LogP contribution in [0.4, 0.5) is 0 Å². The smallest absolute Gasteiger partial charge is 0.193 e. The molecule has 1 saturated carbocycles. The number of rotatable bonds is 7. The van der Waals surface area contributed by atoms with Gasteiger partial charge in [-0.25, -0.2) is 0 Å². The van der Waals surface area contributed by atoms with Crippen LogP contribution < -0.4 is 5.32 Å². The number of nitrogens with one attached hydrogen (secondary N) is 1. The number of allylic oxidation sites excluding steroid dienone is 1. The lowest BCUT2D eigenvalue weighted by Gasteiger charge is -2.21. The van der Waals surface area contributed by atoms with Gasteiger partial charge in [-0.15, -0.1) is 30.6 Å². The minimum atomic E-state index is 0. The molecule has 0 unspecified atom stereocenters. The summed E-state index contributed by atoms with van der Waals surface area (Å²) in [5, 5.41) is 8.09. The van der Waals surface area contributed by atoms with Crippen LogP contribution in [0.3, 0.4) is 0 Å². The van der Waals surface area contributed by atoms with Gasteiger partial charge in [0.25, 0.3) is 0 Å². The monoisotopic (exact) mass is 431 g/mol. The SMILES string of the molecule is C=CCCCN(C)C(=NC)NCc1ccn(C2CCCC2)n1.I. The van der Waals surface area contributed by atoms with E-state index in [0.717, 1.165) is 37.6 Å². The number of hydrogen-bond donors (Lipinski definition) is 1. The summed E-state index contributed by atoms with van der Waals surface area (Å²) in [5.74, 6) is 0.916. The second-order valence-corrected chi connectivity index (χ2v) is 5.98. The quantitative estimate of drug-likeness (QED) is 0.236. The molecular weight excluding hydrogens is 401 g/mol. The number of halogens is 1. The Kier molecular flexibility index (Phi) is 9.28. The summed E-state index contributed by atoms with van der Waals surface area (Å²) < 4.78 is 2.14. The predicted octanol–water partition coefficient (Wildman–Crippen LogP) is 3.59. The van der Waals surface area contributed by atoms with Gasteiger partial charge in [-0.3, -0.25) is 9.67 Å². The molecule has 0 amide bonds. The first kappa shape index (κ1) is 20.0. The summed E-state index contributed by atoms with van der Waals surface area (Å²) in [7, 11) is 3.89. The highest BCUT2D eigenvalue weighted by atomic mass is 127. The van der Waals surface area contributed by atoms with Crippen molar-refractivity contribution in [3.63, 3.8) is 0 Å². The highest BCUT2D eigenvalue weighted by Gasteiger charge is 2.17. The average Bonchev–Trinajstić information content (AvgIpc) is 3.19. The summed E-state index contributed by atoms with van der Waals surface area (Å²) in [6.45, 7) is 5.45. The van der Waals surface area contributed by atoms with Crippen molar-refractivity contribution in [3.8, 4) is 0 Å². The van der Waals surface area contributed by atoms with Crippen molar-refractivity contribution in [2.24, 2.45) is 4.99 Å². The van der Waals surface area contributed by atoms with Crippen LogP contribution in [-0.4, -0.2) is 41.3 Å². The largest absolute Gasteiger partial charge is 0.351 e. The van der Waals surface area contributed by atoms with Gasteiger partial charge in [0.1, 0.15) is 0 Å². The lowest BCUT2D eigenvalue weighted by molar-refractivity contribution is 0.457. The molecule has 1 aromatic heterocycles. The predicted molar refractivity (Wildman–Crippen MR) is 107 cm³/mol. The van der Waals surface area contributed by atoms with E-state index < -0.39 is 0 Å². The maximum atomic E-state index is 4.70. The van der Waals surface area contributed by atoms with E-state index in [-0.39, 0.29) is 24.0 Å². The van der Waals surface area contributed by atoms with Gasteiger partial charge in [0.05, 0.1) is 18.3 Å². The molecule has 0 spiro atoms. The van der Waals surface area contributed by atoms with Crippen molar-refractivity contribution < 1.29 is 0 Å². The first-order chi connectivity index (χ1) is 10.7. The summed E-state index contributed by atoms with van der Waals surface area (Å²) >= 11 is 0. The minimum absolute atomic E-state index is 0. The van der Waals surface area contributed by atoms with Gasteiger partial charge in [0, 0.05) is 26.8 Å². The fourth-order valence-corrected chi connectivity index (χ4v) is 2.98. The first-order valence-electron chi connectivity index (χ1n) is 8.31. The molecule has 0 bridgehead atoms. The first-order valence-corrected chi connectivity index (χ1v) is 8.31. The van der Waals surface area contributed by atoms with E-state index in [0.29, 0.717) is 6.04 Å². The van der Waals surface area contributed by atoms with Crippen LogP contribution in [0.15, 0.2) is 29.9 Å². The van der Waals surface area contributed by atoms with Gasteiger partial charge in [-0.2, -0.15) is 5.10 Å². The van der Waals surface area contributed by atoms with Crippen LogP contribution in [0.25, 0.3) is 0 Å². The summed E-state index contributed by atoms with van der Waals surface area (Å²) in [5.41, 5.74) is 1.08. The van der Waals surface area contributed by atoms with Crippen LogP contribution in [0, 0.1) is 0 Å². The Balaban J connectivity index is 0.00000264. The van der Waals surface area contributed by atoms with Gasteiger partial charge in [-0.05, 0) is 31.7 Å². The standard InChI is InChI=1S/C17H29N5.HI/c1-4-5-8-12-21(3)17(18-2)19-14-15-11-13-22(20-15)16-9-6-7-10-16;/h4,11,13,16H,1,5-10,12,14H2,2-3H3,(H,18,19);1H. The summed E-state index contributed by atoms with van der Waals surface area (Å²) in [4.78, 5) is 6.49. The van der Waals surface area contributed by atoms with Crippen molar-refractivity contribution >= 4 is 29.9 Å². The molecule has 23 heavy (non-hydrogen) atoms. The van der Waals surface area contributed by atoms with Crippen molar-refractivity contribution in [1.29, 1.82) is 0 Å². The molecule has 1 aromatic rings. The Morgan fingerprint density at radius 2 is 2.26 bits per heavy atom. The highest BCUT2D eigenvalue weighted by Crippen LogP contribution is 2.28. The molecule has 0 aromatic carbocycles. The lowest BCUT2D eigenvalue weighted by Crippen LogP contribution is -2.39. The van der Waals surface area contributed by atoms with E-state index in [1.165, 1.54) is 25.7 Å². The minimum Gasteiger partial charge on any atom is -0.351 e. The molecule has 1 aliphatic carbocycles. The number of aliphatic imine (C=N–C) groups is 1. The Morgan fingerprint density at radius 3 is 2.91 bits per heavy atom. The maximum Gasteiger partial charge on any atom is 0.193 e. The fourth-order valence-electron chi connectivity index (χ4n) is 2.98. The maximum absolute atomic E-state index is 4.70. The molecule has 0 saturated heterocycles. The molecule has 130 valence electrons. The molecule has 0 radical (unpaired) electrons. The Hall–Kier alpha value is -1.05. The molecule has 1 N–H and O–H groups in total. The third-order valence-electron chi connectivity index (χ3n) is 4.27. The molecule has 1 fully saturated rings. The van der Waals surface area contributed by atoms with Crippen molar-refractivity contribution in [3.05, 3.63) is 30.6 Å². The van der Waals surface area contributed by atoms with E-state index in [1.54, 1.807) is 0 Å². The molecule has 1 heterocycles. The third-order valence-corrected chi connectivity index (χ3v) is 4.27. The molecule has 2 rings (SSSR count). The van der Waals surface area contributed by atoms with Gasteiger partial charge in [0.15, 0.2) is 5.96 Å². The van der Waals surface area contributed by atoms with Crippen LogP contribution in [-0.2, 0) is 6.54 Å². The zero-order valence-electron chi connectivity index (χ0n) is 14.4. The van der Waals surface area contributed by atoms with Crippen molar-refractivity contribution in [2.75, 3.05) is 20.6 Å². The summed E-state index contributed by atoms with van der Waals surface area (Å²) in [6.07, 6.45) is 11.4. The van der Waals surface area contributed by atoms with Gasteiger partial charge in [0.2, 0.25) is 0 Å². The van der Waals surface area contributed by atoms with Crippen LogP contribution in [0.2, 0.25) is 0 Å². The number of aromatic nitrogens is 2. The Morgan fingerprint density at radius 1 is 1.52 bits per heavy atom. The fraction of sp³-hybridized carbons (Fsp3) is 0.647. The highest BCUT2D eigenvalue weighted by molar-refractivity contribution is 14.0. The molecule has 0 aliphatic heterocycles. The van der Waals surface area contributed by atoms with Gasteiger partial charge >= 0.3 is 0 Å². The Bertz CT molecular complexity index is 491. The van der Waals surface area contributed by atoms with Crippen molar-refractivity contribution in [2.45, 2.75) is 51.1 Å². The van der Waals surface area contributed by atoms with E-state index in [2.05, 4.69) is 45.8 Å². The van der Waals surface area contributed by atoms with Crippen LogP contribution >= 0.6 is 24.0 Å². The van der Waals surface area contributed by atoms with Crippen molar-refractivity contribution in [1.82, 2.24) is 20.0 Å². The summed E-state index contributed by atoms with van der Waals surface area (Å²) in [6, 6.07) is 2.71.